The van der Waals surface area contributed by atoms with Crippen LogP contribution in [0.2, 0.25) is 0 Å². The van der Waals surface area contributed by atoms with Gasteiger partial charge in [-0.15, -0.1) is 0 Å². The Morgan fingerprint density at radius 1 is 0.733 bits per heavy atom. The van der Waals surface area contributed by atoms with E-state index in [1.807, 2.05) is 6.92 Å². The molecular formula is C13H28O2. The van der Waals surface area contributed by atoms with E-state index in [0.717, 1.165) is 12.8 Å². The quantitative estimate of drug-likeness (QED) is 0.550. The zero-order valence-electron chi connectivity index (χ0n) is 10.4. The molecule has 0 aromatic carbocycles. The Morgan fingerprint density at radius 3 is 1.80 bits per heavy atom. The van der Waals surface area contributed by atoms with Crippen LogP contribution < -0.4 is 0 Å². The molecule has 92 valence electrons. The zero-order chi connectivity index (χ0) is 11.5. The summed E-state index contributed by atoms with van der Waals surface area (Å²) in [5.74, 6) is 0. The lowest BCUT2D eigenvalue weighted by Gasteiger charge is -2.15. The smallest absolute Gasteiger partial charge is 0.0799 e. The summed E-state index contributed by atoms with van der Waals surface area (Å²) in [5, 5.41) is 18.9. The third-order valence-corrected chi connectivity index (χ3v) is 2.97. The summed E-state index contributed by atoms with van der Waals surface area (Å²) in [6.07, 6.45) is 9.18. The SMILES string of the molecule is CCCCCCCCC[C@H](O)[C@@H](O)CC. The maximum atomic E-state index is 9.51. The Hall–Kier alpha value is -0.0800. The Balaban J connectivity index is 3.16. The van der Waals surface area contributed by atoms with Gasteiger partial charge in [0.15, 0.2) is 0 Å². The fourth-order valence-corrected chi connectivity index (χ4v) is 1.78. The van der Waals surface area contributed by atoms with Crippen molar-refractivity contribution in [2.75, 3.05) is 0 Å². The van der Waals surface area contributed by atoms with Gasteiger partial charge in [-0.25, -0.2) is 0 Å². The zero-order valence-corrected chi connectivity index (χ0v) is 10.4. The van der Waals surface area contributed by atoms with Gasteiger partial charge in [-0.2, -0.15) is 0 Å². The van der Waals surface area contributed by atoms with Gasteiger partial charge in [0.25, 0.3) is 0 Å². The summed E-state index contributed by atoms with van der Waals surface area (Å²) in [7, 11) is 0. The molecule has 0 aromatic rings. The van der Waals surface area contributed by atoms with Gasteiger partial charge in [0.2, 0.25) is 0 Å². The highest BCUT2D eigenvalue weighted by Gasteiger charge is 2.12. The van der Waals surface area contributed by atoms with E-state index in [0.29, 0.717) is 6.42 Å². The standard InChI is InChI=1S/C13H28O2/c1-3-5-6-7-8-9-10-11-13(15)12(14)4-2/h12-15H,3-11H2,1-2H3/t12-,13-/m0/s1. The van der Waals surface area contributed by atoms with Crippen molar-refractivity contribution in [2.24, 2.45) is 0 Å². The molecule has 0 radical (unpaired) electrons. The second kappa shape index (κ2) is 10.4. The van der Waals surface area contributed by atoms with Crippen molar-refractivity contribution < 1.29 is 10.2 Å². The van der Waals surface area contributed by atoms with E-state index in [1.165, 1.54) is 38.5 Å². The number of aliphatic hydroxyl groups excluding tert-OH is 2. The molecule has 0 saturated carbocycles. The molecule has 2 atom stereocenters. The van der Waals surface area contributed by atoms with Crippen LogP contribution in [0.5, 0.6) is 0 Å². The van der Waals surface area contributed by atoms with Gasteiger partial charge in [-0.3, -0.25) is 0 Å². The van der Waals surface area contributed by atoms with Crippen molar-refractivity contribution in [3.05, 3.63) is 0 Å². The monoisotopic (exact) mass is 216 g/mol. The van der Waals surface area contributed by atoms with Gasteiger partial charge >= 0.3 is 0 Å². The van der Waals surface area contributed by atoms with Crippen LogP contribution in [-0.2, 0) is 0 Å². The highest BCUT2D eigenvalue weighted by molar-refractivity contribution is 4.65. The average Bonchev–Trinajstić information content (AvgIpc) is 2.26. The summed E-state index contributed by atoms with van der Waals surface area (Å²) in [6, 6.07) is 0. The molecule has 0 rings (SSSR count). The van der Waals surface area contributed by atoms with Crippen LogP contribution in [0, 0.1) is 0 Å². The van der Waals surface area contributed by atoms with E-state index >= 15 is 0 Å². The van der Waals surface area contributed by atoms with E-state index in [-0.39, 0.29) is 0 Å². The minimum absolute atomic E-state index is 0.509. The molecule has 2 heteroatoms. The first-order valence-electron chi connectivity index (χ1n) is 6.58. The van der Waals surface area contributed by atoms with Crippen LogP contribution >= 0.6 is 0 Å². The first kappa shape index (κ1) is 14.9. The maximum absolute atomic E-state index is 9.51. The summed E-state index contributed by atoms with van der Waals surface area (Å²) in [6.45, 7) is 4.13. The first-order valence-corrected chi connectivity index (χ1v) is 6.58. The predicted octanol–water partition coefficient (Wildman–Crippen LogP) is 3.26. The first-order chi connectivity index (χ1) is 7.22. The van der Waals surface area contributed by atoms with Crippen molar-refractivity contribution in [3.63, 3.8) is 0 Å². The van der Waals surface area contributed by atoms with Gasteiger partial charge in [0.05, 0.1) is 12.2 Å². The summed E-state index contributed by atoms with van der Waals surface area (Å²) in [5.41, 5.74) is 0. The Labute approximate surface area is 94.7 Å². The van der Waals surface area contributed by atoms with E-state index < -0.39 is 12.2 Å². The van der Waals surface area contributed by atoms with E-state index in [9.17, 15) is 10.2 Å². The van der Waals surface area contributed by atoms with Crippen LogP contribution in [0.15, 0.2) is 0 Å². The van der Waals surface area contributed by atoms with Crippen molar-refractivity contribution in [2.45, 2.75) is 83.8 Å². The molecule has 0 heterocycles. The highest BCUT2D eigenvalue weighted by Crippen LogP contribution is 2.12. The maximum Gasteiger partial charge on any atom is 0.0799 e. The largest absolute Gasteiger partial charge is 0.390 e. The van der Waals surface area contributed by atoms with Crippen LogP contribution in [0.4, 0.5) is 0 Å². The van der Waals surface area contributed by atoms with Crippen LogP contribution in [0.1, 0.15) is 71.6 Å². The molecule has 2 N–H and O–H groups in total. The molecule has 0 aromatic heterocycles. The molecule has 0 amide bonds. The molecule has 0 aliphatic rings. The van der Waals surface area contributed by atoms with E-state index in [2.05, 4.69) is 6.92 Å². The summed E-state index contributed by atoms with van der Waals surface area (Å²) >= 11 is 0. The number of rotatable bonds is 10. The van der Waals surface area contributed by atoms with Crippen molar-refractivity contribution in [1.29, 1.82) is 0 Å². The third-order valence-electron chi connectivity index (χ3n) is 2.97. The van der Waals surface area contributed by atoms with Crippen molar-refractivity contribution >= 4 is 0 Å². The lowest BCUT2D eigenvalue weighted by atomic mass is 10.0. The molecule has 15 heavy (non-hydrogen) atoms. The minimum Gasteiger partial charge on any atom is -0.390 e. The second-order valence-electron chi connectivity index (χ2n) is 4.45. The number of aliphatic hydroxyl groups is 2. The molecule has 0 saturated heterocycles. The number of hydrogen-bond donors (Lipinski definition) is 2. The molecule has 0 fully saturated rings. The summed E-state index contributed by atoms with van der Waals surface area (Å²) in [4.78, 5) is 0. The van der Waals surface area contributed by atoms with Gasteiger partial charge in [0.1, 0.15) is 0 Å². The van der Waals surface area contributed by atoms with Gasteiger partial charge in [0, 0.05) is 0 Å². The molecule has 2 nitrogen and oxygen atoms in total. The molecular weight excluding hydrogens is 188 g/mol. The highest BCUT2D eigenvalue weighted by atomic mass is 16.3. The average molecular weight is 216 g/mol. The van der Waals surface area contributed by atoms with Crippen LogP contribution in [0.25, 0.3) is 0 Å². The van der Waals surface area contributed by atoms with Gasteiger partial charge in [-0.05, 0) is 12.8 Å². The number of unbranched alkanes of at least 4 members (excludes halogenated alkanes) is 6. The third kappa shape index (κ3) is 8.88. The minimum atomic E-state index is -0.523. The normalized spacial score (nSPS) is 15.2. The van der Waals surface area contributed by atoms with Gasteiger partial charge in [-0.1, -0.05) is 58.8 Å². The predicted molar refractivity (Wildman–Crippen MR) is 64.9 cm³/mol. The molecule has 0 bridgehead atoms. The lowest BCUT2D eigenvalue weighted by Crippen LogP contribution is -2.24. The molecule has 0 unspecified atom stereocenters. The lowest BCUT2D eigenvalue weighted by molar-refractivity contribution is 0.0114. The topological polar surface area (TPSA) is 40.5 Å². The number of hydrogen-bond acceptors (Lipinski definition) is 2. The van der Waals surface area contributed by atoms with Crippen molar-refractivity contribution in [3.8, 4) is 0 Å². The molecule has 0 aliphatic carbocycles. The van der Waals surface area contributed by atoms with Crippen LogP contribution in [0.3, 0.4) is 0 Å². The summed E-state index contributed by atoms with van der Waals surface area (Å²) < 4.78 is 0. The fraction of sp³-hybridized carbons (Fsp3) is 1.00. The van der Waals surface area contributed by atoms with E-state index in [1.54, 1.807) is 0 Å². The fourth-order valence-electron chi connectivity index (χ4n) is 1.78. The van der Waals surface area contributed by atoms with E-state index in [4.69, 9.17) is 0 Å². The van der Waals surface area contributed by atoms with Crippen LogP contribution in [-0.4, -0.2) is 22.4 Å². The van der Waals surface area contributed by atoms with Gasteiger partial charge < -0.3 is 10.2 Å². The second-order valence-corrected chi connectivity index (χ2v) is 4.45. The van der Waals surface area contributed by atoms with Crippen molar-refractivity contribution in [1.82, 2.24) is 0 Å². The molecule has 0 aliphatic heterocycles. The Kier molecular flexibility index (Phi) is 10.4. The Bertz CT molecular complexity index is 126. The molecule has 0 spiro atoms. The Morgan fingerprint density at radius 2 is 1.27 bits per heavy atom.